The van der Waals surface area contributed by atoms with Crippen molar-refractivity contribution in [1.29, 1.82) is 0 Å². The second-order valence-corrected chi connectivity index (χ2v) is 6.51. The fraction of sp³-hybridized carbons (Fsp3) is 0.429. The number of rotatable bonds is 4. The second-order valence-electron chi connectivity index (χ2n) is 4.93. The molecular weight excluding hydrogens is 276 g/mol. The first-order valence-electron chi connectivity index (χ1n) is 6.31. The molecule has 0 fully saturated rings. The average molecular weight is 294 g/mol. The van der Waals surface area contributed by atoms with Crippen LogP contribution in [0.3, 0.4) is 0 Å². The molecule has 1 heterocycles. The normalized spacial score (nSPS) is 17.3. The number of carbonyl (C=O) groups is 1. The summed E-state index contributed by atoms with van der Waals surface area (Å²) in [5.74, 6) is 0.858. The molecule has 1 atom stereocenters. The van der Waals surface area contributed by atoms with E-state index in [1.807, 2.05) is 32.0 Å². The average Bonchev–Trinajstić information content (AvgIpc) is 2.78. The lowest BCUT2D eigenvalue weighted by Gasteiger charge is -2.29. The van der Waals surface area contributed by atoms with Crippen LogP contribution in [-0.2, 0) is 4.79 Å². The van der Waals surface area contributed by atoms with Crippen LogP contribution in [0.1, 0.15) is 25.3 Å². The summed E-state index contributed by atoms with van der Waals surface area (Å²) in [5.41, 5.74) is 6.73. The monoisotopic (exact) mass is 294 g/mol. The molecule has 3 nitrogen and oxygen atoms in total. The lowest BCUT2D eigenvalue weighted by molar-refractivity contribution is -0.133. The number of hydrogen-bond acceptors (Lipinski definition) is 3. The predicted molar refractivity (Wildman–Crippen MR) is 83.5 cm³/mol. The first kappa shape index (κ1) is 14.3. The molecule has 102 valence electrons. The number of fused-ring (bicyclic) bond motifs is 1. The minimum absolute atomic E-state index is 0.0713. The molecule has 0 aliphatic carbocycles. The van der Waals surface area contributed by atoms with Crippen LogP contribution < -0.4 is 5.73 Å². The van der Waals surface area contributed by atoms with Crippen LogP contribution >= 0.6 is 24.0 Å². The van der Waals surface area contributed by atoms with Gasteiger partial charge in [0.05, 0.1) is 17.5 Å². The summed E-state index contributed by atoms with van der Waals surface area (Å²) in [5, 5.41) is 0. The first-order chi connectivity index (χ1) is 9.00. The Balaban J connectivity index is 2.22. The van der Waals surface area contributed by atoms with E-state index in [9.17, 15) is 4.79 Å². The maximum Gasteiger partial charge on any atom is 0.231 e. The summed E-state index contributed by atoms with van der Waals surface area (Å²) < 4.78 is 0. The maximum atomic E-state index is 12.7. The minimum Gasteiger partial charge on any atom is -0.392 e. The molecule has 2 N–H and O–H groups in total. The molecule has 1 unspecified atom stereocenters. The molecular formula is C14H18N2OS2. The van der Waals surface area contributed by atoms with E-state index >= 15 is 0 Å². The summed E-state index contributed by atoms with van der Waals surface area (Å²) in [6, 6.07) is 8.20. The van der Waals surface area contributed by atoms with E-state index in [4.69, 9.17) is 18.0 Å². The largest absolute Gasteiger partial charge is 0.392 e. The summed E-state index contributed by atoms with van der Waals surface area (Å²) in [6.07, 6.45) is 0. The zero-order valence-corrected chi connectivity index (χ0v) is 12.8. The van der Waals surface area contributed by atoms with Crippen molar-refractivity contribution in [2.45, 2.75) is 30.7 Å². The third-order valence-electron chi connectivity index (χ3n) is 3.23. The van der Waals surface area contributed by atoms with E-state index in [1.54, 1.807) is 16.7 Å². The molecule has 0 radical (unpaired) electrons. The molecule has 1 aromatic rings. The van der Waals surface area contributed by atoms with Gasteiger partial charge in [0.25, 0.3) is 0 Å². The van der Waals surface area contributed by atoms with Crippen LogP contribution in [0, 0.1) is 0 Å². The van der Waals surface area contributed by atoms with Crippen molar-refractivity contribution in [2.75, 3.05) is 12.3 Å². The van der Waals surface area contributed by atoms with Crippen molar-refractivity contribution in [3.05, 3.63) is 29.8 Å². The van der Waals surface area contributed by atoms with E-state index in [0.717, 1.165) is 11.3 Å². The Bertz CT molecular complexity index is 502. The summed E-state index contributed by atoms with van der Waals surface area (Å²) in [6.45, 7) is 4.34. The Morgan fingerprint density at radius 1 is 1.53 bits per heavy atom. The Kier molecular flexibility index (Phi) is 4.47. The van der Waals surface area contributed by atoms with E-state index in [-0.39, 0.29) is 17.9 Å². The number of thiocarbonyl (C=S) groups is 1. The van der Waals surface area contributed by atoms with Gasteiger partial charge in [-0.15, -0.1) is 11.8 Å². The smallest absolute Gasteiger partial charge is 0.231 e. The third-order valence-corrected chi connectivity index (χ3v) is 4.54. The van der Waals surface area contributed by atoms with Gasteiger partial charge in [-0.25, -0.2) is 0 Å². The Labute approximate surface area is 123 Å². The van der Waals surface area contributed by atoms with Crippen LogP contribution in [0.5, 0.6) is 0 Å². The zero-order chi connectivity index (χ0) is 14.0. The van der Waals surface area contributed by atoms with Gasteiger partial charge in [-0.2, -0.15) is 0 Å². The van der Waals surface area contributed by atoms with Crippen LogP contribution in [0.25, 0.3) is 0 Å². The van der Waals surface area contributed by atoms with E-state index in [1.165, 1.54) is 4.90 Å². The molecule has 1 aliphatic rings. The molecule has 1 amide bonds. The Hall–Kier alpha value is -1.07. The van der Waals surface area contributed by atoms with Gasteiger partial charge in [0.15, 0.2) is 0 Å². The second kappa shape index (κ2) is 5.92. The highest BCUT2D eigenvalue weighted by Crippen LogP contribution is 2.40. The third kappa shape index (κ3) is 3.09. The standard InChI is InChI=1S/C14H18N2OS2/c1-9(2)16(7-13(15)18)14(17)11-8-19-12-6-4-3-5-10(11)12/h3-6,9,11H,7-8H2,1-2H3,(H2,15,18). The van der Waals surface area contributed by atoms with Crippen molar-refractivity contribution in [3.8, 4) is 0 Å². The maximum absolute atomic E-state index is 12.7. The number of carbonyl (C=O) groups excluding carboxylic acids is 1. The minimum atomic E-state index is -0.0713. The van der Waals surface area contributed by atoms with Crippen molar-refractivity contribution < 1.29 is 4.79 Å². The highest BCUT2D eigenvalue weighted by Gasteiger charge is 2.33. The van der Waals surface area contributed by atoms with E-state index in [2.05, 4.69) is 6.07 Å². The highest BCUT2D eigenvalue weighted by molar-refractivity contribution is 7.99. The quantitative estimate of drug-likeness (QED) is 0.866. The molecule has 1 aromatic carbocycles. The predicted octanol–water partition coefficient (Wildman–Crippen LogP) is 2.40. The number of nitrogens with zero attached hydrogens (tertiary/aromatic N) is 1. The molecule has 2 rings (SSSR count). The number of amides is 1. The summed E-state index contributed by atoms with van der Waals surface area (Å²) >= 11 is 6.68. The fourth-order valence-corrected chi connectivity index (χ4v) is 3.61. The SMILES string of the molecule is CC(C)N(CC(N)=S)C(=O)C1CSc2ccccc21. The van der Waals surface area contributed by atoms with Gasteiger partial charge in [0.1, 0.15) is 0 Å². The number of thioether (sulfide) groups is 1. The van der Waals surface area contributed by atoms with Gasteiger partial charge in [0.2, 0.25) is 5.91 Å². The Morgan fingerprint density at radius 2 is 2.21 bits per heavy atom. The van der Waals surface area contributed by atoms with Gasteiger partial charge in [-0.1, -0.05) is 30.4 Å². The molecule has 0 bridgehead atoms. The number of hydrogen-bond donors (Lipinski definition) is 1. The van der Waals surface area contributed by atoms with Crippen LogP contribution in [0.4, 0.5) is 0 Å². The number of nitrogens with two attached hydrogens (primary N) is 1. The van der Waals surface area contributed by atoms with Gasteiger partial charge < -0.3 is 10.6 Å². The molecule has 0 spiro atoms. The lowest BCUT2D eigenvalue weighted by atomic mass is 9.99. The summed E-state index contributed by atoms with van der Waals surface area (Å²) in [7, 11) is 0. The topological polar surface area (TPSA) is 46.3 Å². The van der Waals surface area contributed by atoms with Gasteiger partial charge in [-0.05, 0) is 25.5 Å². The van der Waals surface area contributed by atoms with Crippen LogP contribution in [0.2, 0.25) is 0 Å². The van der Waals surface area contributed by atoms with Crippen molar-refractivity contribution in [3.63, 3.8) is 0 Å². The van der Waals surface area contributed by atoms with Crippen LogP contribution in [-0.4, -0.2) is 34.1 Å². The van der Waals surface area contributed by atoms with Crippen molar-refractivity contribution in [1.82, 2.24) is 4.90 Å². The van der Waals surface area contributed by atoms with Gasteiger partial charge in [0, 0.05) is 16.7 Å². The van der Waals surface area contributed by atoms with Crippen molar-refractivity contribution >= 4 is 34.9 Å². The molecule has 0 saturated heterocycles. The first-order valence-corrected chi connectivity index (χ1v) is 7.70. The molecule has 1 aliphatic heterocycles. The molecule has 0 saturated carbocycles. The van der Waals surface area contributed by atoms with E-state index < -0.39 is 0 Å². The van der Waals surface area contributed by atoms with E-state index in [0.29, 0.717) is 11.5 Å². The molecule has 5 heteroatoms. The molecule has 0 aromatic heterocycles. The lowest BCUT2D eigenvalue weighted by Crippen LogP contribution is -2.44. The van der Waals surface area contributed by atoms with Gasteiger partial charge >= 0.3 is 0 Å². The highest BCUT2D eigenvalue weighted by atomic mass is 32.2. The summed E-state index contributed by atoms with van der Waals surface area (Å²) in [4.78, 5) is 16.0. The zero-order valence-electron chi connectivity index (χ0n) is 11.1. The Morgan fingerprint density at radius 3 is 2.84 bits per heavy atom. The van der Waals surface area contributed by atoms with Crippen molar-refractivity contribution in [2.24, 2.45) is 5.73 Å². The number of benzene rings is 1. The van der Waals surface area contributed by atoms with Gasteiger partial charge in [-0.3, -0.25) is 4.79 Å². The van der Waals surface area contributed by atoms with Crippen LogP contribution in [0.15, 0.2) is 29.2 Å². The fourth-order valence-electron chi connectivity index (χ4n) is 2.25. The molecule has 19 heavy (non-hydrogen) atoms.